The molecule has 2 aliphatic heterocycles. The predicted molar refractivity (Wildman–Crippen MR) is 444 cm³/mol. The van der Waals surface area contributed by atoms with Gasteiger partial charge in [-0.25, -0.2) is 0 Å². The molecule has 0 amide bonds. The van der Waals surface area contributed by atoms with Gasteiger partial charge in [0.2, 0.25) is 0 Å². The summed E-state index contributed by atoms with van der Waals surface area (Å²) in [6.45, 7) is 2.16. The van der Waals surface area contributed by atoms with Crippen LogP contribution in [0.25, 0.3) is 58.6 Å². The van der Waals surface area contributed by atoms with Gasteiger partial charge in [0, 0.05) is 0 Å². The van der Waals surface area contributed by atoms with Gasteiger partial charge >= 0.3 is 633 Å². The van der Waals surface area contributed by atoms with Crippen LogP contribution >= 0.6 is 7.81 Å². The molecule has 15 aromatic carbocycles. The van der Waals surface area contributed by atoms with E-state index in [1.807, 2.05) is 0 Å². The molecule has 0 N–H and O–H groups in total. The van der Waals surface area contributed by atoms with Gasteiger partial charge in [0.05, 0.1) is 0 Å². The Labute approximate surface area is 673 Å². The molecule has 0 saturated heterocycles. The van der Waals surface area contributed by atoms with Crippen LogP contribution in [0.2, 0.25) is 0 Å². The standard InChI is InChI=1S/C26H21Se.C25H19Se.C24H17Se.C18H13Se.BF3.BrH.ClH.F6P.FH/c1-19-15-17-21(18-16-19)27-24-13-7-5-11-22(24)26(20-9-3-2-4-10-20)23-12-6-8-14-25(23)27;1-3-11-19(12-4-1)25-21-15-7-9-17-23(21)26(20-13-5-2-6-14-20)24-18-10-8-16-22(24)25;1-2-10-18(11-3-1)19-12-4-7-15-22(19)25-23-16-8-5-13-20(23)21-14-6-9-17-24(21)25;1-2-8-14(9-3-1)19-17-12-6-4-10-15(17)16-11-5-7-13-18(16)19;2-1(3)4;;;1-7(2,3,4,5)6;/h2-18,26H,1H3;1-18,25H;1-17H;1-13H;;2*1H;;1H/q4*+1;;;;-1;/p-3. The molecule has 0 saturated carbocycles. The van der Waals surface area contributed by atoms with Gasteiger partial charge in [0.15, 0.2) is 0 Å². The van der Waals surface area contributed by atoms with Crippen molar-refractivity contribution >= 4 is 135 Å². The van der Waals surface area contributed by atoms with E-state index >= 15 is 0 Å². The summed E-state index contributed by atoms with van der Waals surface area (Å²) in [6.07, 6.45) is 0. The molecule has 19 rings (SSSR count). The van der Waals surface area contributed by atoms with E-state index in [1.54, 1.807) is 26.4 Å². The molecule has 2 aliphatic rings. The molecule has 4 heterocycles. The Kier molecular flexibility index (Phi) is 27.0. The number of rotatable bonds is 7. The van der Waals surface area contributed by atoms with Crippen molar-refractivity contribution in [2.45, 2.75) is 18.8 Å². The fourth-order valence-corrected chi connectivity index (χ4v) is 34.8. The van der Waals surface area contributed by atoms with Crippen LogP contribution in [0.3, 0.4) is 0 Å². The van der Waals surface area contributed by atoms with Crippen molar-refractivity contribution < 1.29 is 72.2 Å². The molecule has 0 bridgehead atoms. The summed E-state index contributed by atoms with van der Waals surface area (Å²) < 4.78 is 107. The second-order valence-corrected chi connectivity index (χ2v) is 43.9. The Morgan fingerprint density at radius 1 is 0.270 bits per heavy atom. The Morgan fingerprint density at radius 3 is 0.856 bits per heavy atom. The average Bonchev–Trinajstić information content (AvgIpc) is 1.48. The van der Waals surface area contributed by atoms with Gasteiger partial charge in [-0.05, 0) is 0 Å². The number of aryl methyl sites for hydroxylation is 1. The summed E-state index contributed by atoms with van der Waals surface area (Å²) in [5.74, 6) is 0.649. The molecule has 0 spiro atoms. The second kappa shape index (κ2) is 36.2. The van der Waals surface area contributed by atoms with E-state index < -0.39 is 70.0 Å². The van der Waals surface area contributed by atoms with Crippen LogP contribution in [0.1, 0.15) is 50.8 Å². The van der Waals surface area contributed by atoms with Gasteiger partial charge in [-0.3, -0.25) is 12.9 Å². The molecule has 0 aliphatic carbocycles. The van der Waals surface area contributed by atoms with E-state index in [1.165, 1.54) is 98.0 Å². The first kappa shape index (κ1) is 82.9. The molecule has 0 unspecified atom stereocenters. The number of fused-ring (bicyclic) bond motifs is 10. The minimum atomic E-state index is -10.7. The monoisotopic (exact) mass is 1850 g/mol. The van der Waals surface area contributed by atoms with E-state index in [0.717, 1.165) is 0 Å². The Hall–Kier alpha value is -9.06. The van der Waals surface area contributed by atoms with Crippen LogP contribution in [0.4, 0.5) is 38.1 Å². The molecule has 17 aromatic rings. The van der Waals surface area contributed by atoms with E-state index in [0.29, 0.717) is 11.8 Å². The zero-order chi connectivity index (χ0) is 74.8. The molecule has 18 heteroatoms. The summed E-state index contributed by atoms with van der Waals surface area (Å²) >= 11 is -4.90. The van der Waals surface area contributed by atoms with Crippen molar-refractivity contribution in [3.8, 4) is 20.1 Å². The van der Waals surface area contributed by atoms with Crippen LogP contribution in [-0.2, 0) is 0 Å². The van der Waals surface area contributed by atoms with Crippen LogP contribution < -0.4 is 60.9 Å². The third kappa shape index (κ3) is 19.7. The fraction of sp³-hybridized carbons (Fsp3) is 0.0323. The molecule has 558 valence electrons. The van der Waals surface area contributed by atoms with E-state index in [4.69, 9.17) is 0 Å². The van der Waals surface area contributed by atoms with Crippen molar-refractivity contribution in [1.82, 2.24) is 0 Å². The van der Waals surface area contributed by atoms with Crippen molar-refractivity contribution in [1.29, 1.82) is 0 Å². The van der Waals surface area contributed by atoms with Gasteiger partial charge in [-0.1, -0.05) is 0 Å². The molecule has 0 atom stereocenters. The Balaban J connectivity index is 0.000000140. The molecule has 0 radical (unpaired) electrons. The number of halogens is 12. The number of benzene rings is 15. The van der Waals surface area contributed by atoms with Crippen molar-refractivity contribution in [2.75, 3.05) is 0 Å². The summed E-state index contributed by atoms with van der Waals surface area (Å²) in [6, 6.07) is 145. The maximum absolute atomic E-state index is 10.7. The maximum atomic E-state index is 9.87. The van der Waals surface area contributed by atoms with Crippen LogP contribution in [0.5, 0.6) is 0 Å². The van der Waals surface area contributed by atoms with Gasteiger partial charge in [0.25, 0.3) is 0 Å². The van der Waals surface area contributed by atoms with Crippen molar-refractivity contribution in [2.24, 2.45) is 0 Å². The third-order valence-electron chi connectivity index (χ3n) is 18.5. The van der Waals surface area contributed by atoms with Gasteiger partial charge in [0.1, 0.15) is 0 Å². The zero-order valence-corrected chi connectivity index (χ0v) is 69.5. The molecule has 0 nitrogen and oxygen atoms in total. The van der Waals surface area contributed by atoms with Crippen LogP contribution in [-0.4, -0.2) is 62.2 Å². The quantitative estimate of drug-likeness (QED) is 0.0848. The van der Waals surface area contributed by atoms with E-state index in [9.17, 15) is 38.1 Å². The van der Waals surface area contributed by atoms with Crippen LogP contribution in [0.15, 0.2) is 394 Å². The summed E-state index contributed by atoms with van der Waals surface area (Å²) in [5, 5.41) is 5.72. The normalized spacial score (nSPS) is 14.7. The summed E-state index contributed by atoms with van der Waals surface area (Å²) in [7, 11) is -14.3. The first-order valence-electron chi connectivity index (χ1n) is 34.9. The number of hydrogen-bond acceptors (Lipinski definition) is 0. The average molecular weight is 1850 g/mol. The molecule has 2 aromatic heterocycles. The molecular weight excluding hydrogens is 1780 g/mol. The Morgan fingerprint density at radius 2 is 0.514 bits per heavy atom. The topological polar surface area (TPSA) is 0 Å². The molecular formula is C93H70BBrClF10PSe4. The van der Waals surface area contributed by atoms with Crippen molar-refractivity contribution in [3.63, 3.8) is 0 Å². The van der Waals surface area contributed by atoms with E-state index in [2.05, 4.69) is 401 Å². The van der Waals surface area contributed by atoms with E-state index in [-0.39, 0.29) is 34.1 Å². The predicted octanol–water partition coefficient (Wildman–Crippen LogP) is 14.1. The third-order valence-corrected chi connectivity index (χ3v) is 38.3. The van der Waals surface area contributed by atoms with Crippen LogP contribution in [0, 0.1) is 6.92 Å². The second-order valence-electron chi connectivity index (χ2n) is 25.6. The number of hydrogen-bond donors (Lipinski definition) is 0. The zero-order valence-electron chi connectivity index (χ0n) is 59.4. The first-order valence-corrected chi connectivity index (χ1v) is 47.2. The minimum absolute atomic E-state index is 0. The Bertz CT molecular complexity index is 5630. The fourth-order valence-electron chi connectivity index (χ4n) is 14.2. The van der Waals surface area contributed by atoms with Gasteiger partial charge in [-0.2, -0.15) is 0 Å². The first-order chi connectivity index (χ1) is 52.3. The molecule has 0 fully saturated rings. The molecule has 111 heavy (non-hydrogen) atoms. The van der Waals surface area contributed by atoms with Crippen molar-refractivity contribution in [3.05, 3.63) is 433 Å². The van der Waals surface area contributed by atoms with Gasteiger partial charge in [-0.15, -0.1) is 0 Å². The summed E-state index contributed by atoms with van der Waals surface area (Å²) in [5.41, 5.74) is 12.7. The SMILES string of the molecule is Cc1ccc([Se+]2c3ccccc3C(c3ccccc3)c3ccccc32)cc1.FB(F)F.F[P-](F)(F)(F)(F)F.[Br-].[Cl-].[F-].c1ccc(-[se+]2c3ccccc3c3ccccc32)cc1.c1ccc(-c2ccccc2-[se+]2c3ccccc3c3ccccc32)cc1.c1ccc(C2c3ccccc3[Se+](c3ccccc3)c3ccccc32)cc1. The van der Waals surface area contributed by atoms with Gasteiger partial charge < -0.3 is 34.1 Å². The summed E-state index contributed by atoms with van der Waals surface area (Å²) in [4.78, 5) is 0.